The lowest BCUT2D eigenvalue weighted by molar-refractivity contribution is -0.402. The first kappa shape index (κ1) is 13.1. The van der Waals surface area contributed by atoms with Crippen LogP contribution in [0.25, 0.3) is 0 Å². The smallest absolute Gasteiger partial charge is 0.404 e. The van der Waals surface area contributed by atoms with E-state index in [2.05, 4.69) is 19.2 Å². The molecule has 2 rings (SSSR count). The third-order valence-electron chi connectivity index (χ3n) is 3.57. The van der Waals surface area contributed by atoms with E-state index in [1.165, 1.54) is 25.3 Å². The van der Waals surface area contributed by atoms with Gasteiger partial charge >= 0.3 is 5.88 Å². The Morgan fingerprint density at radius 2 is 2.00 bits per heavy atom. The third kappa shape index (κ3) is 3.32. The van der Waals surface area contributed by atoms with E-state index in [9.17, 15) is 10.1 Å². The summed E-state index contributed by atoms with van der Waals surface area (Å²) in [6.45, 7) is 5.13. The monoisotopic (exact) mass is 252 g/mol. The van der Waals surface area contributed by atoms with Gasteiger partial charge in [0.1, 0.15) is 10.7 Å². The molecule has 0 amide bonds. The van der Waals surface area contributed by atoms with Gasteiger partial charge in [-0.05, 0) is 37.2 Å². The molecule has 18 heavy (non-hydrogen) atoms. The fourth-order valence-electron chi connectivity index (χ4n) is 2.92. The van der Waals surface area contributed by atoms with Crippen LogP contribution in [-0.2, 0) is 6.54 Å². The molecule has 1 fully saturated rings. The Balaban J connectivity index is 1.85. The number of nitrogens with zero attached hydrogens (tertiary/aromatic N) is 1. The maximum atomic E-state index is 10.5. The molecule has 1 aliphatic rings. The number of hydrogen-bond donors (Lipinski definition) is 1. The largest absolute Gasteiger partial charge is 0.433 e. The van der Waals surface area contributed by atoms with Gasteiger partial charge in [0.05, 0.1) is 12.6 Å². The summed E-state index contributed by atoms with van der Waals surface area (Å²) in [4.78, 5) is 9.99. The van der Waals surface area contributed by atoms with Crippen molar-refractivity contribution in [1.29, 1.82) is 0 Å². The molecule has 0 spiro atoms. The molecule has 0 aromatic carbocycles. The molecule has 0 aliphatic heterocycles. The minimum Gasteiger partial charge on any atom is -0.404 e. The average Bonchev–Trinajstić information content (AvgIpc) is 2.73. The van der Waals surface area contributed by atoms with Crippen LogP contribution in [0.4, 0.5) is 5.88 Å². The molecular weight excluding hydrogens is 232 g/mol. The Bertz CT molecular complexity index is 406. The maximum absolute atomic E-state index is 10.5. The van der Waals surface area contributed by atoms with E-state index in [0.717, 1.165) is 11.8 Å². The molecule has 0 bridgehead atoms. The summed E-state index contributed by atoms with van der Waals surface area (Å²) in [7, 11) is 0. The molecule has 2 unspecified atom stereocenters. The summed E-state index contributed by atoms with van der Waals surface area (Å²) in [5.74, 6) is 1.94. The van der Waals surface area contributed by atoms with Gasteiger partial charge in [-0.25, -0.2) is 0 Å². The molecule has 1 aliphatic carbocycles. The van der Waals surface area contributed by atoms with Crippen molar-refractivity contribution in [2.45, 2.75) is 45.7 Å². The highest BCUT2D eigenvalue weighted by molar-refractivity contribution is 5.17. The first-order valence-corrected chi connectivity index (χ1v) is 6.51. The van der Waals surface area contributed by atoms with Gasteiger partial charge in [-0.1, -0.05) is 13.8 Å². The average molecular weight is 252 g/mol. The molecular formula is C13H20N2O3. The van der Waals surface area contributed by atoms with E-state index >= 15 is 0 Å². The zero-order chi connectivity index (χ0) is 13.1. The standard InChI is InChI=1S/C13H20N2O3/c1-9-5-10(2)7-11(6-9)14-8-12-3-4-13(18-12)15(16)17/h3-4,9-11,14H,5-8H2,1-2H3. The molecule has 5 heteroatoms. The Hall–Kier alpha value is -1.36. The van der Waals surface area contributed by atoms with Crippen molar-refractivity contribution >= 4 is 5.88 Å². The Morgan fingerprint density at radius 1 is 1.33 bits per heavy atom. The predicted octanol–water partition coefficient (Wildman–Crippen LogP) is 3.10. The predicted molar refractivity (Wildman–Crippen MR) is 68.2 cm³/mol. The summed E-state index contributed by atoms with van der Waals surface area (Å²) in [6.07, 6.45) is 3.64. The van der Waals surface area contributed by atoms with E-state index in [0.29, 0.717) is 18.3 Å². The van der Waals surface area contributed by atoms with Crippen molar-refractivity contribution in [3.05, 3.63) is 28.0 Å². The quantitative estimate of drug-likeness (QED) is 0.660. The highest BCUT2D eigenvalue weighted by atomic mass is 16.6. The van der Waals surface area contributed by atoms with Crippen LogP contribution in [0.2, 0.25) is 0 Å². The van der Waals surface area contributed by atoms with Gasteiger partial charge in [-0.2, -0.15) is 0 Å². The topological polar surface area (TPSA) is 68.3 Å². The van der Waals surface area contributed by atoms with Crippen molar-refractivity contribution in [3.8, 4) is 0 Å². The number of furan rings is 1. The zero-order valence-corrected chi connectivity index (χ0v) is 10.9. The first-order chi connectivity index (χ1) is 8.54. The van der Waals surface area contributed by atoms with Crippen molar-refractivity contribution in [3.63, 3.8) is 0 Å². The molecule has 2 atom stereocenters. The zero-order valence-electron chi connectivity index (χ0n) is 10.9. The molecule has 1 heterocycles. The van der Waals surface area contributed by atoms with Crippen LogP contribution in [0, 0.1) is 22.0 Å². The highest BCUT2D eigenvalue weighted by Gasteiger charge is 2.23. The van der Waals surface area contributed by atoms with Crippen molar-refractivity contribution in [2.75, 3.05) is 0 Å². The normalized spacial score (nSPS) is 28.2. The lowest BCUT2D eigenvalue weighted by Gasteiger charge is -2.31. The second-order valence-electron chi connectivity index (χ2n) is 5.49. The van der Waals surface area contributed by atoms with Crippen LogP contribution < -0.4 is 5.32 Å². The minimum atomic E-state index is -0.506. The van der Waals surface area contributed by atoms with Crippen LogP contribution in [-0.4, -0.2) is 11.0 Å². The lowest BCUT2D eigenvalue weighted by atomic mass is 9.80. The molecule has 1 saturated carbocycles. The van der Waals surface area contributed by atoms with E-state index in [1.807, 2.05) is 0 Å². The number of hydrogen-bond acceptors (Lipinski definition) is 4. The lowest BCUT2D eigenvalue weighted by Crippen LogP contribution is -2.35. The molecule has 1 N–H and O–H groups in total. The maximum Gasteiger partial charge on any atom is 0.433 e. The van der Waals surface area contributed by atoms with Crippen molar-refractivity contribution < 1.29 is 9.34 Å². The van der Waals surface area contributed by atoms with Crippen LogP contribution in [0.3, 0.4) is 0 Å². The second kappa shape index (κ2) is 5.52. The molecule has 0 saturated heterocycles. The van der Waals surface area contributed by atoms with E-state index in [-0.39, 0.29) is 5.88 Å². The SMILES string of the molecule is CC1CC(C)CC(NCc2ccc([N+](=O)[O-])o2)C1. The van der Waals surface area contributed by atoms with Crippen LogP contribution in [0.5, 0.6) is 0 Å². The summed E-state index contributed by atoms with van der Waals surface area (Å²) < 4.78 is 5.13. The van der Waals surface area contributed by atoms with Gasteiger partial charge in [0.2, 0.25) is 0 Å². The number of nitrogens with one attached hydrogen (secondary N) is 1. The van der Waals surface area contributed by atoms with Gasteiger partial charge in [-0.3, -0.25) is 10.1 Å². The minimum absolute atomic E-state index is 0.183. The first-order valence-electron chi connectivity index (χ1n) is 6.51. The summed E-state index contributed by atoms with van der Waals surface area (Å²) in [5.41, 5.74) is 0. The number of nitro groups is 1. The van der Waals surface area contributed by atoms with Crippen LogP contribution >= 0.6 is 0 Å². The van der Waals surface area contributed by atoms with Gasteiger partial charge in [-0.15, -0.1) is 0 Å². The Morgan fingerprint density at radius 3 is 2.56 bits per heavy atom. The third-order valence-corrected chi connectivity index (χ3v) is 3.57. The van der Waals surface area contributed by atoms with Crippen molar-refractivity contribution in [2.24, 2.45) is 11.8 Å². The Labute approximate surface area is 107 Å². The summed E-state index contributed by atoms with van der Waals surface area (Å²) in [6, 6.07) is 3.57. The van der Waals surface area contributed by atoms with Crippen molar-refractivity contribution in [1.82, 2.24) is 5.32 Å². The van der Waals surface area contributed by atoms with Gasteiger partial charge in [0, 0.05) is 6.04 Å². The molecule has 100 valence electrons. The summed E-state index contributed by atoms with van der Waals surface area (Å²) in [5, 5.41) is 13.9. The van der Waals surface area contributed by atoms with E-state index in [1.54, 1.807) is 6.07 Å². The van der Waals surface area contributed by atoms with Gasteiger partial charge < -0.3 is 9.73 Å². The van der Waals surface area contributed by atoms with Crippen LogP contribution in [0.1, 0.15) is 38.9 Å². The molecule has 1 aromatic rings. The van der Waals surface area contributed by atoms with Gasteiger partial charge in [0.15, 0.2) is 0 Å². The van der Waals surface area contributed by atoms with Gasteiger partial charge in [0.25, 0.3) is 0 Å². The van der Waals surface area contributed by atoms with E-state index in [4.69, 9.17) is 4.42 Å². The molecule has 1 aromatic heterocycles. The van der Waals surface area contributed by atoms with Crippen LogP contribution in [0.15, 0.2) is 16.5 Å². The summed E-state index contributed by atoms with van der Waals surface area (Å²) >= 11 is 0. The molecule has 5 nitrogen and oxygen atoms in total. The second-order valence-corrected chi connectivity index (χ2v) is 5.49. The molecule has 0 radical (unpaired) electrons. The van der Waals surface area contributed by atoms with E-state index < -0.39 is 4.92 Å². The fourth-order valence-corrected chi connectivity index (χ4v) is 2.92. The fraction of sp³-hybridized carbons (Fsp3) is 0.692. The Kier molecular flexibility index (Phi) is 4.01. The number of rotatable bonds is 4. The highest BCUT2D eigenvalue weighted by Crippen LogP contribution is 2.28.